The van der Waals surface area contributed by atoms with Crippen molar-refractivity contribution in [3.8, 4) is 6.07 Å². The molecule has 0 bridgehead atoms. The molecule has 1 aliphatic carbocycles. The lowest BCUT2D eigenvalue weighted by atomic mass is 9.99. The van der Waals surface area contributed by atoms with E-state index in [1.54, 1.807) is 35.6 Å². The first kappa shape index (κ1) is 15.5. The predicted molar refractivity (Wildman–Crippen MR) is 90.3 cm³/mol. The third-order valence-electron chi connectivity index (χ3n) is 4.09. The second-order valence-electron chi connectivity index (χ2n) is 5.85. The van der Waals surface area contributed by atoms with E-state index in [2.05, 4.69) is 21.7 Å². The molecule has 1 aliphatic rings. The lowest BCUT2D eigenvalue weighted by Crippen LogP contribution is -2.45. The normalized spacial score (nSPS) is 15.8. The summed E-state index contributed by atoms with van der Waals surface area (Å²) in [7, 11) is 0. The van der Waals surface area contributed by atoms with E-state index in [1.165, 1.54) is 0 Å². The van der Waals surface area contributed by atoms with Gasteiger partial charge in [0, 0.05) is 16.8 Å². The highest BCUT2D eigenvalue weighted by atomic mass is 32.1. The largest absolute Gasteiger partial charge is 0.326 e. The van der Waals surface area contributed by atoms with Gasteiger partial charge in [-0.1, -0.05) is 18.9 Å². The quantitative estimate of drug-likeness (QED) is 0.897. The number of nitrogens with zero attached hydrogens (tertiary/aromatic N) is 2. The van der Waals surface area contributed by atoms with Crippen LogP contribution in [0.4, 0.5) is 10.5 Å². The van der Waals surface area contributed by atoms with Crippen LogP contribution in [-0.4, -0.2) is 11.0 Å². The molecule has 0 spiro atoms. The van der Waals surface area contributed by atoms with Gasteiger partial charge >= 0.3 is 6.03 Å². The van der Waals surface area contributed by atoms with Gasteiger partial charge in [-0.15, -0.1) is 11.3 Å². The standard InChI is InChI=1S/C17H18N4OS/c1-12-11-23-15(19-12)17(7-2-3-8-17)21-16(22)20-14-6-4-5-13(9-14)10-18/h4-6,9,11H,2-3,7-8H2,1H3,(H2,20,21,22). The van der Waals surface area contributed by atoms with Gasteiger partial charge in [-0.25, -0.2) is 9.78 Å². The summed E-state index contributed by atoms with van der Waals surface area (Å²) in [6, 6.07) is 8.71. The van der Waals surface area contributed by atoms with Gasteiger partial charge in [0.1, 0.15) is 5.01 Å². The molecule has 0 atom stereocenters. The Morgan fingerprint density at radius 1 is 1.39 bits per heavy atom. The first-order valence-corrected chi connectivity index (χ1v) is 8.51. The maximum atomic E-state index is 12.4. The van der Waals surface area contributed by atoms with Gasteiger partial charge in [-0.2, -0.15) is 5.26 Å². The van der Waals surface area contributed by atoms with Crippen molar-refractivity contribution in [2.75, 3.05) is 5.32 Å². The lowest BCUT2D eigenvalue weighted by molar-refractivity contribution is 0.236. The molecule has 3 rings (SSSR count). The summed E-state index contributed by atoms with van der Waals surface area (Å²) in [5.41, 5.74) is 1.76. The average Bonchev–Trinajstić information content (AvgIpc) is 3.17. The van der Waals surface area contributed by atoms with Gasteiger partial charge in [0.2, 0.25) is 0 Å². The average molecular weight is 326 g/mol. The molecule has 1 aromatic carbocycles. The van der Waals surface area contributed by atoms with E-state index in [4.69, 9.17) is 5.26 Å². The number of anilines is 1. The van der Waals surface area contributed by atoms with E-state index in [9.17, 15) is 4.79 Å². The summed E-state index contributed by atoms with van der Waals surface area (Å²) < 4.78 is 0. The van der Waals surface area contributed by atoms with Crippen LogP contribution in [0.2, 0.25) is 0 Å². The van der Waals surface area contributed by atoms with Gasteiger partial charge in [0.25, 0.3) is 0 Å². The van der Waals surface area contributed by atoms with Crippen LogP contribution in [-0.2, 0) is 5.54 Å². The van der Waals surface area contributed by atoms with E-state index < -0.39 is 0 Å². The van der Waals surface area contributed by atoms with Gasteiger partial charge in [-0.3, -0.25) is 0 Å². The third kappa shape index (κ3) is 3.35. The van der Waals surface area contributed by atoms with E-state index >= 15 is 0 Å². The van der Waals surface area contributed by atoms with Crippen LogP contribution in [0.5, 0.6) is 0 Å². The number of aromatic nitrogens is 1. The predicted octanol–water partition coefficient (Wildman–Crippen LogP) is 3.91. The van der Waals surface area contributed by atoms with Crippen molar-refractivity contribution in [3.05, 3.63) is 45.9 Å². The Morgan fingerprint density at radius 2 is 2.17 bits per heavy atom. The number of carbonyl (C=O) groups excluding carboxylic acids is 1. The Labute approximate surface area is 139 Å². The maximum absolute atomic E-state index is 12.4. The SMILES string of the molecule is Cc1csc(C2(NC(=O)Nc3cccc(C#N)c3)CCCC2)n1. The summed E-state index contributed by atoms with van der Waals surface area (Å²) in [4.78, 5) is 17.0. The zero-order valence-electron chi connectivity index (χ0n) is 12.9. The number of hydrogen-bond donors (Lipinski definition) is 2. The van der Waals surface area contributed by atoms with E-state index in [1.807, 2.05) is 12.3 Å². The van der Waals surface area contributed by atoms with Crippen LogP contribution < -0.4 is 10.6 Å². The molecular formula is C17H18N4OS. The fourth-order valence-corrected chi connectivity index (χ4v) is 4.00. The molecular weight excluding hydrogens is 308 g/mol. The van der Waals surface area contributed by atoms with Crippen LogP contribution >= 0.6 is 11.3 Å². The summed E-state index contributed by atoms with van der Waals surface area (Å²) in [6.45, 7) is 1.97. The van der Waals surface area contributed by atoms with Crippen LogP contribution in [0.3, 0.4) is 0 Å². The Balaban J connectivity index is 1.75. The van der Waals surface area contributed by atoms with E-state index in [0.29, 0.717) is 11.3 Å². The Hall–Kier alpha value is -2.39. The van der Waals surface area contributed by atoms with Crippen LogP contribution in [0.25, 0.3) is 0 Å². The van der Waals surface area contributed by atoms with Crippen molar-refractivity contribution in [2.45, 2.75) is 38.1 Å². The molecule has 0 unspecified atom stereocenters. The van der Waals surface area contributed by atoms with Crippen molar-refractivity contribution in [3.63, 3.8) is 0 Å². The highest BCUT2D eigenvalue weighted by Crippen LogP contribution is 2.40. The number of thiazole rings is 1. The first-order valence-electron chi connectivity index (χ1n) is 7.63. The Morgan fingerprint density at radius 3 is 2.83 bits per heavy atom. The molecule has 1 aromatic heterocycles. The number of amides is 2. The number of rotatable bonds is 3. The van der Waals surface area contributed by atoms with E-state index in [-0.39, 0.29) is 11.6 Å². The first-order chi connectivity index (χ1) is 11.1. The van der Waals surface area contributed by atoms with Crippen molar-refractivity contribution < 1.29 is 4.79 Å². The van der Waals surface area contributed by atoms with Crippen LogP contribution in [0, 0.1) is 18.3 Å². The summed E-state index contributed by atoms with van der Waals surface area (Å²) >= 11 is 1.60. The molecule has 23 heavy (non-hydrogen) atoms. The molecule has 1 saturated carbocycles. The van der Waals surface area contributed by atoms with Gasteiger partial charge in [-0.05, 0) is 38.0 Å². The summed E-state index contributed by atoms with van der Waals surface area (Å²) in [5, 5.41) is 17.9. The zero-order chi connectivity index (χ0) is 16.3. The number of nitriles is 1. The topological polar surface area (TPSA) is 77.8 Å². The number of nitrogens with one attached hydrogen (secondary N) is 2. The minimum atomic E-state index is -0.365. The van der Waals surface area contributed by atoms with Gasteiger partial charge < -0.3 is 10.6 Å². The minimum absolute atomic E-state index is 0.255. The highest BCUT2D eigenvalue weighted by molar-refractivity contribution is 7.09. The lowest BCUT2D eigenvalue weighted by Gasteiger charge is -2.28. The molecule has 2 amide bonds. The van der Waals surface area contributed by atoms with Crippen molar-refractivity contribution in [1.82, 2.24) is 10.3 Å². The van der Waals surface area contributed by atoms with E-state index in [0.717, 1.165) is 36.4 Å². The van der Waals surface area contributed by atoms with Crippen molar-refractivity contribution >= 4 is 23.1 Å². The van der Waals surface area contributed by atoms with Crippen LogP contribution in [0.15, 0.2) is 29.6 Å². The smallest absolute Gasteiger partial charge is 0.320 e. The van der Waals surface area contributed by atoms with Crippen molar-refractivity contribution in [1.29, 1.82) is 5.26 Å². The fraction of sp³-hybridized carbons (Fsp3) is 0.353. The van der Waals surface area contributed by atoms with Crippen molar-refractivity contribution in [2.24, 2.45) is 0 Å². The molecule has 1 fully saturated rings. The number of urea groups is 1. The molecule has 1 heterocycles. The second kappa shape index (κ2) is 6.39. The number of hydrogen-bond acceptors (Lipinski definition) is 4. The number of carbonyl (C=O) groups is 1. The summed E-state index contributed by atoms with van der Waals surface area (Å²) in [6.07, 6.45) is 3.99. The molecule has 6 heteroatoms. The zero-order valence-corrected chi connectivity index (χ0v) is 13.7. The minimum Gasteiger partial charge on any atom is -0.326 e. The summed E-state index contributed by atoms with van der Waals surface area (Å²) in [5.74, 6) is 0. The maximum Gasteiger partial charge on any atom is 0.320 e. The molecule has 0 radical (unpaired) electrons. The molecule has 5 nitrogen and oxygen atoms in total. The molecule has 2 aromatic rings. The molecule has 0 saturated heterocycles. The van der Waals surface area contributed by atoms with Gasteiger partial charge in [0.15, 0.2) is 0 Å². The number of benzene rings is 1. The third-order valence-corrected chi connectivity index (χ3v) is 5.25. The monoisotopic (exact) mass is 326 g/mol. The van der Waals surface area contributed by atoms with Crippen LogP contribution in [0.1, 0.15) is 41.9 Å². The fourth-order valence-electron chi connectivity index (χ4n) is 2.99. The number of aryl methyl sites for hydroxylation is 1. The molecule has 118 valence electrons. The Bertz CT molecular complexity index is 756. The highest BCUT2D eigenvalue weighted by Gasteiger charge is 2.39. The van der Waals surface area contributed by atoms with Gasteiger partial charge in [0.05, 0.1) is 17.2 Å². The second-order valence-corrected chi connectivity index (χ2v) is 6.71. The molecule has 0 aliphatic heterocycles. The Kier molecular flexibility index (Phi) is 4.30. The molecule has 2 N–H and O–H groups in total.